The van der Waals surface area contributed by atoms with Crippen LogP contribution >= 0.6 is 0 Å². The Balaban J connectivity index is 0.000000136. The third-order valence-corrected chi connectivity index (χ3v) is 25.4. The maximum Gasteiger partial charge on any atom is 0.249 e. The number of hydrogen-bond acceptors (Lipinski definition) is 14. The number of rotatable bonds is 23. The van der Waals surface area contributed by atoms with Gasteiger partial charge in [0.25, 0.3) is 0 Å². The van der Waals surface area contributed by atoms with Crippen LogP contribution in [-0.2, 0) is 32.0 Å². The fraction of sp³-hybridized carbons (Fsp3) is 0.398. The molecule has 0 unspecified atom stereocenters. The predicted octanol–water partition coefficient (Wildman–Crippen LogP) is 15.8. The van der Waals surface area contributed by atoms with Crippen molar-refractivity contribution in [2.45, 2.75) is 126 Å². The van der Waals surface area contributed by atoms with Crippen molar-refractivity contribution in [1.82, 2.24) is 34.3 Å². The Morgan fingerprint density at radius 3 is 0.926 bits per heavy atom. The molecule has 634 valence electrons. The summed E-state index contributed by atoms with van der Waals surface area (Å²) in [6.45, 7) is 11.6. The molecule has 18 nitrogen and oxygen atoms in total. The summed E-state index contributed by atoms with van der Waals surface area (Å²) < 4.78 is 23.3. The molecule has 7 fully saturated rings. The van der Waals surface area contributed by atoms with Crippen molar-refractivity contribution in [2.75, 3.05) is 140 Å². The van der Waals surface area contributed by atoms with Crippen molar-refractivity contribution in [1.29, 1.82) is 0 Å². The van der Waals surface area contributed by atoms with E-state index in [1.165, 1.54) is 63.9 Å². The van der Waals surface area contributed by atoms with Crippen molar-refractivity contribution in [3.05, 3.63) is 273 Å². The highest BCUT2D eigenvalue weighted by Crippen LogP contribution is 2.37. The minimum Gasteiger partial charge on any atom is -0.496 e. The van der Waals surface area contributed by atoms with Gasteiger partial charge in [-0.3, -0.25) is 19.2 Å². The molecule has 0 aromatic heterocycles. The molecule has 18 heteroatoms. The monoisotopic (exact) mass is 1630 g/mol. The number of likely N-dealkylation sites (tertiary alicyclic amines) is 7. The molecule has 0 spiro atoms. The average Bonchev–Trinajstić information content (AvgIpc) is 1.81. The van der Waals surface area contributed by atoms with Crippen LogP contribution in [0.4, 0.5) is 0 Å². The molecule has 0 saturated carbocycles. The zero-order valence-electron chi connectivity index (χ0n) is 71.3. The van der Waals surface area contributed by atoms with Gasteiger partial charge in [-0.25, -0.2) is 0 Å². The molecule has 8 aliphatic rings. The number of fused-ring (bicyclic) bond motifs is 3. The summed E-state index contributed by atoms with van der Waals surface area (Å²) in [5.41, 5.74) is 14.4. The third kappa shape index (κ3) is 23.3. The standard InChI is InChI=1S/C30H38N2O3.2C30H34N2O3.C13H15NO2/c3*1-31-15-12-27(30(31)34)19-26-8-4-5-9-29(26)35-21-28(33)20-32-16-13-23(14-17-32)25-11-10-22-6-2-3-7-24(22)18-25;1-14-8-7-11(13(14)15)9-10-5-3-4-6-12(10)16-2/h4-5,8-11,18-19,23,28,33H,2-3,6-7,12-17,20-21H2,1H3;2*2-11,18-19,23,28,33H,12-17,20-21H2,1H3;3-6,9H,7-8H2,1-2H3/b3*27-19-;11-9-/t3*28-;/m010./s1. The normalized spacial score (nSPS) is 19.9. The van der Waals surface area contributed by atoms with Crippen LogP contribution in [0.2, 0.25) is 0 Å². The Hall–Kier alpha value is -10.7. The number of carbonyl (C=O) groups is 4. The lowest BCUT2D eigenvalue weighted by atomic mass is 9.84. The first kappa shape index (κ1) is 86.7. The van der Waals surface area contributed by atoms with Crippen LogP contribution < -0.4 is 18.9 Å². The highest BCUT2D eigenvalue weighted by molar-refractivity contribution is 6.02. The van der Waals surface area contributed by atoms with Gasteiger partial charge in [0.15, 0.2) is 0 Å². The van der Waals surface area contributed by atoms with Gasteiger partial charge < -0.3 is 68.6 Å². The Bertz CT molecular complexity index is 4980. The van der Waals surface area contributed by atoms with E-state index in [-0.39, 0.29) is 43.4 Å². The Morgan fingerprint density at radius 2 is 0.603 bits per heavy atom. The van der Waals surface area contributed by atoms with Crippen LogP contribution in [0.15, 0.2) is 222 Å². The summed E-state index contributed by atoms with van der Waals surface area (Å²) in [5, 5.41) is 37.2. The lowest BCUT2D eigenvalue weighted by Crippen LogP contribution is -2.40. The second kappa shape index (κ2) is 42.2. The molecular formula is C103H121N7O11. The lowest BCUT2D eigenvalue weighted by Gasteiger charge is -2.33. The van der Waals surface area contributed by atoms with E-state index in [0.29, 0.717) is 54.6 Å². The highest BCUT2D eigenvalue weighted by Gasteiger charge is 2.31. The Morgan fingerprint density at radius 1 is 0.322 bits per heavy atom. The summed E-state index contributed by atoms with van der Waals surface area (Å²) in [5.74, 6) is 5.05. The van der Waals surface area contributed by atoms with Gasteiger partial charge in [0, 0.05) is 119 Å². The number of aliphatic hydroxyl groups excluding tert-OH is 3. The van der Waals surface area contributed by atoms with Crippen LogP contribution in [0.25, 0.3) is 45.8 Å². The molecule has 3 atom stereocenters. The fourth-order valence-corrected chi connectivity index (χ4v) is 18.1. The molecule has 4 amide bonds. The Labute approximate surface area is 714 Å². The first-order valence-electron chi connectivity index (χ1n) is 43.9. The maximum atomic E-state index is 12.3. The van der Waals surface area contributed by atoms with Crippen molar-refractivity contribution < 1.29 is 53.4 Å². The SMILES string of the molecule is CN1CC/C(=C/c2ccccc2OC[C@@H](O)CN2CCC(c3ccc4c(c3)CCCC4)CC2)C1=O.CN1CC/C(=C/c2ccccc2OC[C@@H](O)CN2CCC(c3ccc4ccccc4c3)CC2)C1=O.CN1CC/C(=C/c2ccccc2OC[C@H](O)CN2CCC(c3ccc4ccccc4c3)CC2)C1=O.COc1ccccc1/C=C1/CCN(C)C1=O. The number of nitrogens with zero attached hydrogens (tertiary/aromatic N) is 7. The summed E-state index contributed by atoms with van der Waals surface area (Å²) in [7, 11) is 8.95. The number of methoxy groups -OCH3 is 1. The zero-order chi connectivity index (χ0) is 84.1. The van der Waals surface area contributed by atoms with Crippen LogP contribution in [0.3, 0.4) is 0 Å². The fourth-order valence-electron chi connectivity index (χ4n) is 18.1. The van der Waals surface area contributed by atoms with Crippen LogP contribution in [0.1, 0.15) is 145 Å². The van der Waals surface area contributed by atoms with Gasteiger partial charge in [-0.2, -0.15) is 0 Å². The summed E-state index contributed by atoms with van der Waals surface area (Å²) >= 11 is 0. The van der Waals surface area contributed by atoms with Gasteiger partial charge in [-0.1, -0.05) is 176 Å². The number of hydrogen-bond donors (Lipinski definition) is 3. The van der Waals surface area contributed by atoms with Gasteiger partial charge >= 0.3 is 0 Å². The molecule has 3 N–H and O–H groups in total. The topological polar surface area (TPSA) is 189 Å². The molecule has 7 aliphatic heterocycles. The number of likely N-dealkylation sites (N-methyl/N-ethyl adjacent to an activating group) is 4. The van der Waals surface area contributed by atoms with Gasteiger partial charge in [-0.05, 0) is 245 Å². The van der Waals surface area contributed by atoms with Crippen molar-refractivity contribution in [3.63, 3.8) is 0 Å². The molecule has 17 rings (SSSR count). The number of para-hydroxylation sites is 4. The van der Waals surface area contributed by atoms with Crippen molar-refractivity contribution in [3.8, 4) is 23.0 Å². The summed E-state index contributed by atoms with van der Waals surface area (Å²) in [6.07, 6.45) is 20.9. The molecule has 7 heterocycles. The number of piperidine rings is 3. The number of β-amino-alcohol motifs (C(OH)–C–C–N with tert-alkyl or cyclic N) is 3. The second-order valence-corrected chi connectivity index (χ2v) is 34.0. The summed E-state index contributed by atoms with van der Waals surface area (Å²) in [4.78, 5) is 62.5. The van der Waals surface area contributed by atoms with E-state index in [1.807, 2.05) is 150 Å². The van der Waals surface area contributed by atoms with E-state index in [1.54, 1.807) is 37.8 Å². The van der Waals surface area contributed by atoms with E-state index in [2.05, 4.69) is 118 Å². The largest absolute Gasteiger partial charge is 0.496 e. The van der Waals surface area contributed by atoms with Crippen LogP contribution in [-0.4, -0.2) is 232 Å². The minimum absolute atomic E-state index is 0.0759. The van der Waals surface area contributed by atoms with Crippen molar-refractivity contribution >= 4 is 69.5 Å². The van der Waals surface area contributed by atoms with Crippen LogP contribution in [0, 0.1) is 0 Å². The molecule has 0 radical (unpaired) electrons. The molecule has 7 saturated heterocycles. The van der Waals surface area contributed by atoms with E-state index in [0.717, 1.165) is 180 Å². The molecule has 121 heavy (non-hydrogen) atoms. The molecular weight excluding hydrogens is 1510 g/mol. The molecule has 0 bridgehead atoms. The number of amides is 4. The summed E-state index contributed by atoms with van der Waals surface area (Å²) in [6, 6.07) is 68.8. The van der Waals surface area contributed by atoms with Crippen molar-refractivity contribution in [2.24, 2.45) is 0 Å². The smallest absolute Gasteiger partial charge is 0.249 e. The molecule has 9 aromatic carbocycles. The van der Waals surface area contributed by atoms with Gasteiger partial charge in [0.2, 0.25) is 23.6 Å². The maximum absolute atomic E-state index is 12.3. The molecule has 1 aliphatic carbocycles. The van der Waals surface area contributed by atoms with E-state index >= 15 is 0 Å². The predicted molar refractivity (Wildman–Crippen MR) is 484 cm³/mol. The van der Waals surface area contributed by atoms with Gasteiger partial charge in [0.1, 0.15) is 61.1 Å². The zero-order valence-corrected chi connectivity index (χ0v) is 71.3. The highest BCUT2D eigenvalue weighted by atomic mass is 16.5. The average molecular weight is 1630 g/mol. The lowest BCUT2D eigenvalue weighted by molar-refractivity contribution is -0.124. The number of ether oxygens (including phenoxy) is 4. The number of carbonyl (C=O) groups excluding carboxylic acids is 4. The van der Waals surface area contributed by atoms with Gasteiger partial charge in [0.05, 0.1) is 7.11 Å². The first-order chi connectivity index (χ1) is 58.9. The van der Waals surface area contributed by atoms with E-state index < -0.39 is 18.3 Å². The van der Waals surface area contributed by atoms with Gasteiger partial charge in [-0.15, -0.1) is 0 Å². The Kier molecular flexibility index (Phi) is 30.2. The number of aryl methyl sites for hydroxylation is 2. The first-order valence-corrected chi connectivity index (χ1v) is 43.9. The van der Waals surface area contributed by atoms with E-state index in [4.69, 9.17) is 18.9 Å². The quantitative estimate of drug-likeness (QED) is 0.0513. The van der Waals surface area contributed by atoms with Crippen LogP contribution in [0.5, 0.6) is 23.0 Å². The molecule has 9 aromatic rings. The second-order valence-electron chi connectivity index (χ2n) is 34.0. The third-order valence-electron chi connectivity index (χ3n) is 25.4. The number of benzene rings is 9. The minimum atomic E-state index is -0.563. The number of aliphatic hydroxyl groups is 3. The van der Waals surface area contributed by atoms with E-state index in [9.17, 15) is 34.5 Å².